The Hall–Kier alpha value is -1.36. The quantitative estimate of drug-likeness (QED) is 0.792. The molecule has 0 amide bonds. The molecule has 0 N–H and O–H groups in total. The number of nitrogens with zero attached hydrogens (tertiary/aromatic N) is 1. The summed E-state index contributed by atoms with van der Waals surface area (Å²) in [7, 11) is 0. The molecule has 0 bridgehead atoms. The number of hydrogen-bond donors (Lipinski definition) is 0. The van der Waals surface area contributed by atoms with Crippen molar-refractivity contribution in [2.45, 2.75) is 26.4 Å². The van der Waals surface area contributed by atoms with Crippen LogP contribution in [0.25, 0.3) is 0 Å². The van der Waals surface area contributed by atoms with Gasteiger partial charge in [-0.1, -0.05) is 30.3 Å². The maximum absolute atomic E-state index is 11.9. The normalized spacial score (nSPS) is 14.0. The number of rotatable bonds is 4. The first kappa shape index (κ1) is 17.0. The molecule has 2 heterocycles. The molecule has 118 valence electrons. The van der Waals surface area contributed by atoms with Crippen LogP contribution in [0.3, 0.4) is 0 Å². The van der Waals surface area contributed by atoms with Crippen LogP contribution in [0.2, 0.25) is 0 Å². The van der Waals surface area contributed by atoms with E-state index in [1.54, 1.807) is 11.3 Å². The van der Waals surface area contributed by atoms with E-state index < -0.39 is 0 Å². The molecule has 0 aliphatic carbocycles. The van der Waals surface area contributed by atoms with Crippen molar-refractivity contribution in [1.82, 2.24) is 4.90 Å². The van der Waals surface area contributed by atoms with Crippen LogP contribution in [0.5, 0.6) is 0 Å². The average Bonchev–Trinajstić information content (AvgIpc) is 2.92. The molecule has 0 radical (unpaired) electrons. The van der Waals surface area contributed by atoms with Crippen LogP contribution in [0.15, 0.2) is 35.7 Å². The van der Waals surface area contributed by atoms with Gasteiger partial charge in [-0.2, -0.15) is 0 Å². The fourth-order valence-corrected chi connectivity index (χ4v) is 3.85. The van der Waals surface area contributed by atoms with E-state index >= 15 is 0 Å². The molecular formula is C17H20ClNO2S. The molecule has 0 spiro atoms. The van der Waals surface area contributed by atoms with Crippen molar-refractivity contribution in [3.8, 4) is 0 Å². The molecule has 1 aromatic carbocycles. The third-order valence-electron chi connectivity index (χ3n) is 3.77. The highest BCUT2D eigenvalue weighted by atomic mass is 35.5. The summed E-state index contributed by atoms with van der Waals surface area (Å²) in [5.41, 5.74) is 3.31. The number of thiophene rings is 1. The van der Waals surface area contributed by atoms with E-state index in [9.17, 15) is 4.79 Å². The van der Waals surface area contributed by atoms with Crippen molar-refractivity contribution in [3.05, 3.63) is 57.3 Å². The summed E-state index contributed by atoms with van der Waals surface area (Å²) in [5, 5.41) is 1.95. The van der Waals surface area contributed by atoms with Crippen LogP contribution >= 0.6 is 23.7 Å². The monoisotopic (exact) mass is 337 g/mol. The number of fused-ring (bicyclic) bond motifs is 1. The zero-order valence-electron chi connectivity index (χ0n) is 12.6. The van der Waals surface area contributed by atoms with E-state index in [1.165, 1.54) is 16.0 Å². The van der Waals surface area contributed by atoms with Crippen molar-refractivity contribution < 1.29 is 9.53 Å². The minimum absolute atomic E-state index is 0. The first-order valence-electron chi connectivity index (χ1n) is 7.30. The lowest BCUT2D eigenvalue weighted by Gasteiger charge is -2.27. The molecule has 0 saturated heterocycles. The number of ether oxygens (including phenoxy) is 1. The summed E-state index contributed by atoms with van der Waals surface area (Å²) < 4.78 is 5.13. The van der Waals surface area contributed by atoms with Crippen LogP contribution in [-0.2, 0) is 24.2 Å². The number of esters is 1. The zero-order chi connectivity index (χ0) is 14.7. The fourth-order valence-electron chi connectivity index (χ4n) is 2.74. The van der Waals surface area contributed by atoms with Gasteiger partial charge in [0.1, 0.15) is 0 Å². The Balaban J connectivity index is 0.00000176. The minimum atomic E-state index is -0.175. The molecular weight excluding hydrogens is 318 g/mol. The predicted octanol–water partition coefficient (Wildman–Crippen LogP) is 3.90. The summed E-state index contributed by atoms with van der Waals surface area (Å²) in [5.74, 6) is -0.175. The lowest BCUT2D eigenvalue weighted by atomic mass is 10.0. The molecule has 3 rings (SSSR count). The van der Waals surface area contributed by atoms with Gasteiger partial charge in [0, 0.05) is 29.9 Å². The molecule has 0 atom stereocenters. The van der Waals surface area contributed by atoms with Crippen molar-refractivity contribution in [2.75, 3.05) is 13.2 Å². The molecule has 22 heavy (non-hydrogen) atoms. The van der Waals surface area contributed by atoms with Crippen LogP contribution in [0, 0.1) is 0 Å². The standard InChI is InChI=1S/C17H19NO2S.ClH/c1-2-20-17(19)15-12-21-16-11-18(9-8-14(15)16)10-13-6-4-3-5-7-13;/h3-7,12H,2,8-11H2,1H3;1H. The van der Waals surface area contributed by atoms with E-state index in [2.05, 4.69) is 29.2 Å². The predicted molar refractivity (Wildman–Crippen MR) is 91.8 cm³/mol. The number of hydrogen-bond acceptors (Lipinski definition) is 4. The second-order valence-corrected chi connectivity index (χ2v) is 6.18. The Kier molecular flexibility index (Phi) is 6.00. The Labute approximate surface area is 141 Å². The van der Waals surface area contributed by atoms with Crippen LogP contribution in [0.1, 0.15) is 33.3 Å². The lowest BCUT2D eigenvalue weighted by Crippen LogP contribution is -2.29. The zero-order valence-corrected chi connectivity index (χ0v) is 14.2. The van der Waals surface area contributed by atoms with E-state index in [-0.39, 0.29) is 18.4 Å². The number of benzene rings is 1. The summed E-state index contributed by atoms with van der Waals surface area (Å²) in [6.07, 6.45) is 0.930. The minimum Gasteiger partial charge on any atom is -0.462 e. The Morgan fingerprint density at radius 1 is 1.32 bits per heavy atom. The smallest absolute Gasteiger partial charge is 0.339 e. The lowest BCUT2D eigenvalue weighted by molar-refractivity contribution is 0.0525. The first-order chi connectivity index (χ1) is 10.3. The molecule has 0 saturated carbocycles. The van der Waals surface area contributed by atoms with Crippen molar-refractivity contribution in [3.63, 3.8) is 0 Å². The molecule has 1 aliphatic rings. The largest absolute Gasteiger partial charge is 0.462 e. The highest BCUT2D eigenvalue weighted by Gasteiger charge is 2.24. The topological polar surface area (TPSA) is 29.5 Å². The third kappa shape index (κ3) is 3.69. The van der Waals surface area contributed by atoms with Gasteiger partial charge >= 0.3 is 5.97 Å². The van der Waals surface area contributed by atoms with Gasteiger partial charge in [-0.15, -0.1) is 23.7 Å². The fraction of sp³-hybridized carbons (Fsp3) is 0.353. The van der Waals surface area contributed by atoms with E-state index in [0.717, 1.165) is 31.6 Å². The summed E-state index contributed by atoms with van der Waals surface area (Å²) in [6.45, 7) is 5.16. The van der Waals surface area contributed by atoms with Gasteiger partial charge in [0.05, 0.1) is 12.2 Å². The van der Waals surface area contributed by atoms with E-state index in [4.69, 9.17) is 4.74 Å². The third-order valence-corrected chi connectivity index (χ3v) is 4.78. The summed E-state index contributed by atoms with van der Waals surface area (Å²) >= 11 is 1.68. The molecule has 2 aromatic rings. The van der Waals surface area contributed by atoms with Gasteiger partial charge in [0.2, 0.25) is 0 Å². The van der Waals surface area contributed by atoms with Crippen molar-refractivity contribution in [2.24, 2.45) is 0 Å². The Bertz CT molecular complexity index is 627. The summed E-state index contributed by atoms with van der Waals surface area (Å²) in [4.78, 5) is 15.7. The SMILES string of the molecule is CCOC(=O)c1csc2c1CCN(Cc1ccccc1)C2.Cl. The molecule has 1 aliphatic heterocycles. The van der Waals surface area contributed by atoms with Crippen LogP contribution in [-0.4, -0.2) is 24.0 Å². The van der Waals surface area contributed by atoms with Gasteiger partial charge < -0.3 is 4.74 Å². The van der Waals surface area contributed by atoms with E-state index in [1.807, 2.05) is 18.4 Å². The van der Waals surface area contributed by atoms with Gasteiger partial charge in [0.25, 0.3) is 0 Å². The second kappa shape index (κ2) is 7.77. The van der Waals surface area contributed by atoms with Gasteiger partial charge in [-0.05, 0) is 24.5 Å². The Morgan fingerprint density at radius 3 is 2.82 bits per heavy atom. The van der Waals surface area contributed by atoms with Crippen LogP contribution < -0.4 is 0 Å². The van der Waals surface area contributed by atoms with E-state index in [0.29, 0.717) is 6.61 Å². The molecule has 0 fully saturated rings. The highest BCUT2D eigenvalue weighted by Crippen LogP contribution is 2.29. The maximum atomic E-state index is 11.9. The molecule has 5 heteroatoms. The first-order valence-corrected chi connectivity index (χ1v) is 8.18. The second-order valence-electron chi connectivity index (χ2n) is 5.22. The van der Waals surface area contributed by atoms with Crippen molar-refractivity contribution in [1.29, 1.82) is 0 Å². The van der Waals surface area contributed by atoms with Crippen molar-refractivity contribution >= 4 is 29.7 Å². The average molecular weight is 338 g/mol. The molecule has 0 unspecified atom stereocenters. The highest BCUT2D eigenvalue weighted by molar-refractivity contribution is 7.10. The Morgan fingerprint density at radius 2 is 2.09 bits per heavy atom. The number of carbonyl (C=O) groups is 1. The van der Waals surface area contributed by atoms with Crippen LogP contribution in [0.4, 0.5) is 0 Å². The number of carbonyl (C=O) groups excluding carboxylic acids is 1. The number of halogens is 1. The van der Waals surface area contributed by atoms with Gasteiger partial charge in [-0.3, -0.25) is 4.90 Å². The molecule has 3 nitrogen and oxygen atoms in total. The maximum Gasteiger partial charge on any atom is 0.339 e. The molecule has 1 aromatic heterocycles. The van der Waals surface area contributed by atoms with Gasteiger partial charge in [-0.25, -0.2) is 4.79 Å². The summed E-state index contributed by atoms with van der Waals surface area (Å²) in [6, 6.07) is 10.5. The van der Waals surface area contributed by atoms with Gasteiger partial charge in [0.15, 0.2) is 0 Å².